The fourth-order valence-electron chi connectivity index (χ4n) is 4.08. The molecule has 2 heterocycles. The molecular weight excluding hydrogens is 290 g/mol. The highest BCUT2D eigenvalue weighted by atomic mass is 16.7. The molecule has 126 valence electrons. The molecule has 1 aromatic carbocycles. The van der Waals surface area contributed by atoms with Crippen molar-refractivity contribution in [3.63, 3.8) is 0 Å². The summed E-state index contributed by atoms with van der Waals surface area (Å²) in [5.74, 6) is 0.773. The predicted octanol–water partition coefficient (Wildman–Crippen LogP) is 3.48. The number of benzene rings is 1. The van der Waals surface area contributed by atoms with Crippen LogP contribution in [-0.4, -0.2) is 31.6 Å². The fourth-order valence-corrected chi connectivity index (χ4v) is 4.08. The number of rotatable bonds is 3. The lowest BCUT2D eigenvalue weighted by atomic mass is 10.00. The van der Waals surface area contributed by atoms with E-state index in [1.807, 2.05) is 0 Å². The number of nitrogens with one attached hydrogen (secondary N) is 1. The molecule has 1 aliphatic carbocycles. The summed E-state index contributed by atoms with van der Waals surface area (Å²) in [5.41, 5.74) is 2.57. The first-order chi connectivity index (χ1) is 11.2. The molecule has 1 spiro atoms. The Morgan fingerprint density at radius 1 is 1.22 bits per heavy atom. The molecule has 2 atom stereocenters. The van der Waals surface area contributed by atoms with Gasteiger partial charge in [-0.15, -0.1) is 0 Å². The van der Waals surface area contributed by atoms with Crippen molar-refractivity contribution in [2.24, 2.45) is 0 Å². The van der Waals surface area contributed by atoms with Crippen LogP contribution in [0, 0.1) is 6.92 Å². The van der Waals surface area contributed by atoms with Gasteiger partial charge in [-0.2, -0.15) is 0 Å². The highest BCUT2D eigenvalue weighted by molar-refractivity contribution is 5.39. The summed E-state index contributed by atoms with van der Waals surface area (Å²) >= 11 is 0. The summed E-state index contributed by atoms with van der Waals surface area (Å²) in [6, 6.07) is 6.82. The monoisotopic (exact) mass is 317 g/mol. The first kappa shape index (κ1) is 15.4. The van der Waals surface area contributed by atoms with Crippen LogP contribution < -0.4 is 10.1 Å². The Labute approximate surface area is 138 Å². The molecule has 4 rings (SSSR count). The van der Waals surface area contributed by atoms with Gasteiger partial charge in [0.05, 0.1) is 19.3 Å². The zero-order chi connectivity index (χ0) is 15.7. The molecule has 0 amide bonds. The van der Waals surface area contributed by atoms with Gasteiger partial charge in [0.1, 0.15) is 5.75 Å². The lowest BCUT2D eigenvalue weighted by molar-refractivity contribution is -0.161. The zero-order valence-electron chi connectivity index (χ0n) is 14.0. The first-order valence-electron chi connectivity index (χ1n) is 9.03. The Morgan fingerprint density at radius 3 is 2.96 bits per heavy atom. The molecule has 4 heteroatoms. The molecule has 23 heavy (non-hydrogen) atoms. The third kappa shape index (κ3) is 3.25. The van der Waals surface area contributed by atoms with Crippen LogP contribution in [0.2, 0.25) is 0 Å². The van der Waals surface area contributed by atoms with E-state index in [1.54, 1.807) is 0 Å². The molecule has 0 bridgehead atoms. The molecule has 1 saturated carbocycles. The smallest absolute Gasteiger partial charge is 0.168 e. The van der Waals surface area contributed by atoms with Crippen molar-refractivity contribution >= 4 is 0 Å². The summed E-state index contributed by atoms with van der Waals surface area (Å²) < 4.78 is 18.1. The standard InChI is InChI=1S/C19H27NO3/c1-14-6-7-18-16(11-14)17(5-4-10-21-18)20-12-15-13-22-19(23-15)8-2-3-9-19/h6-7,11,15,17,20H,2-5,8-10,12-13H2,1H3. The molecule has 2 unspecified atom stereocenters. The van der Waals surface area contributed by atoms with Gasteiger partial charge in [0.2, 0.25) is 0 Å². The van der Waals surface area contributed by atoms with Crippen molar-refractivity contribution in [1.82, 2.24) is 5.32 Å². The summed E-state index contributed by atoms with van der Waals surface area (Å²) in [6.07, 6.45) is 6.93. The van der Waals surface area contributed by atoms with Crippen molar-refractivity contribution in [2.75, 3.05) is 19.8 Å². The van der Waals surface area contributed by atoms with Crippen molar-refractivity contribution in [1.29, 1.82) is 0 Å². The molecule has 2 fully saturated rings. The minimum absolute atomic E-state index is 0.172. The van der Waals surface area contributed by atoms with E-state index in [-0.39, 0.29) is 11.9 Å². The second kappa shape index (κ2) is 6.42. The summed E-state index contributed by atoms with van der Waals surface area (Å²) in [4.78, 5) is 0. The Hall–Kier alpha value is -1.10. The maximum absolute atomic E-state index is 6.23. The number of hydrogen-bond acceptors (Lipinski definition) is 4. The Bertz CT molecular complexity index is 554. The molecular formula is C19H27NO3. The minimum Gasteiger partial charge on any atom is -0.493 e. The largest absolute Gasteiger partial charge is 0.493 e. The summed E-state index contributed by atoms with van der Waals surface area (Å²) in [6.45, 7) is 4.51. The van der Waals surface area contributed by atoms with E-state index in [1.165, 1.54) is 24.0 Å². The average molecular weight is 317 g/mol. The van der Waals surface area contributed by atoms with Crippen LogP contribution in [0.5, 0.6) is 5.75 Å². The van der Waals surface area contributed by atoms with E-state index >= 15 is 0 Å². The Kier molecular flexibility index (Phi) is 4.31. The van der Waals surface area contributed by atoms with Crippen LogP contribution in [-0.2, 0) is 9.47 Å². The molecule has 0 aromatic heterocycles. The molecule has 2 aliphatic heterocycles. The Balaban J connectivity index is 1.40. The lowest BCUT2D eigenvalue weighted by Crippen LogP contribution is -2.34. The van der Waals surface area contributed by atoms with Crippen LogP contribution in [0.15, 0.2) is 18.2 Å². The molecule has 1 saturated heterocycles. The van der Waals surface area contributed by atoms with Crippen LogP contribution in [0.1, 0.15) is 55.7 Å². The number of aryl methyl sites for hydroxylation is 1. The minimum atomic E-state index is -0.257. The molecule has 3 aliphatic rings. The van der Waals surface area contributed by atoms with Gasteiger partial charge in [0.15, 0.2) is 5.79 Å². The fraction of sp³-hybridized carbons (Fsp3) is 0.684. The van der Waals surface area contributed by atoms with Gasteiger partial charge in [0.25, 0.3) is 0 Å². The number of ether oxygens (including phenoxy) is 3. The van der Waals surface area contributed by atoms with Gasteiger partial charge in [-0.3, -0.25) is 0 Å². The third-order valence-electron chi connectivity index (χ3n) is 5.31. The van der Waals surface area contributed by atoms with Gasteiger partial charge < -0.3 is 19.5 Å². The van der Waals surface area contributed by atoms with Crippen LogP contribution >= 0.6 is 0 Å². The topological polar surface area (TPSA) is 39.7 Å². The SMILES string of the molecule is Cc1ccc2c(c1)C(NCC1COC3(CCCC3)O1)CCCO2. The van der Waals surface area contributed by atoms with E-state index in [0.717, 1.165) is 51.2 Å². The molecule has 1 N–H and O–H groups in total. The van der Waals surface area contributed by atoms with Gasteiger partial charge in [-0.1, -0.05) is 17.7 Å². The van der Waals surface area contributed by atoms with E-state index in [0.29, 0.717) is 6.04 Å². The summed E-state index contributed by atoms with van der Waals surface area (Å²) in [7, 11) is 0. The van der Waals surface area contributed by atoms with Gasteiger partial charge in [-0.25, -0.2) is 0 Å². The summed E-state index contributed by atoms with van der Waals surface area (Å²) in [5, 5.41) is 3.71. The van der Waals surface area contributed by atoms with E-state index in [9.17, 15) is 0 Å². The normalized spacial score (nSPS) is 29.3. The number of fused-ring (bicyclic) bond motifs is 1. The predicted molar refractivity (Wildman–Crippen MR) is 88.7 cm³/mol. The maximum Gasteiger partial charge on any atom is 0.168 e. The van der Waals surface area contributed by atoms with Crippen molar-refractivity contribution in [3.05, 3.63) is 29.3 Å². The van der Waals surface area contributed by atoms with Crippen LogP contribution in [0.3, 0.4) is 0 Å². The number of hydrogen-bond donors (Lipinski definition) is 1. The van der Waals surface area contributed by atoms with E-state index < -0.39 is 0 Å². The second-order valence-electron chi connectivity index (χ2n) is 7.16. The lowest BCUT2D eigenvalue weighted by Gasteiger charge is -2.23. The van der Waals surface area contributed by atoms with Crippen molar-refractivity contribution < 1.29 is 14.2 Å². The van der Waals surface area contributed by atoms with Crippen molar-refractivity contribution in [3.8, 4) is 5.75 Å². The van der Waals surface area contributed by atoms with E-state index in [2.05, 4.69) is 30.4 Å². The maximum atomic E-state index is 6.23. The third-order valence-corrected chi connectivity index (χ3v) is 5.31. The molecule has 4 nitrogen and oxygen atoms in total. The highest BCUT2D eigenvalue weighted by Crippen LogP contribution is 2.39. The van der Waals surface area contributed by atoms with Gasteiger partial charge in [0, 0.05) is 31.0 Å². The molecule has 1 aromatic rings. The Morgan fingerprint density at radius 2 is 2.09 bits per heavy atom. The highest BCUT2D eigenvalue weighted by Gasteiger charge is 2.43. The van der Waals surface area contributed by atoms with Crippen molar-refractivity contribution in [2.45, 2.75) is 63.4 Å². The zero-order valence-corrected chi connectivity index (χ0v) is 14.0. The van der Waals surface area contributed by atoms with E-state index in [4.69, 9.17) is 14.2 Å². The van der Waals surface area contributed by atoms with Gasteiger partial charge >= 0.3 is 0 Å². The van der Waals surface area contributed by atoms with Crippen LogP contribution in [0.25, 0.3) is 0 Å². The first-order valence-corrected chi connectivity index (χ1v) is 9.03. The van der Waals surface area contributed by atoms with Gasteiger partial charge in [-0.05, 0) is 38.7 Å². The second-order valence-corrected chi connectivity index (χ2v) is 7.16. The quantitative estimate of drug-likeness (QED) is 0.926. The average Bonchev–Trinajstić information content (AvgIpc) is 3.13. The molecule has 0 radical (unpaired) electrons. The van der Waals surface area contributed by atoms with Crippen LogP contribution in [0.4, 0.5) is 0 Å².